The second-order valence-electron chi connectivity index (χ2n) is 5.43. The summed E-state index contributed by atoms with van der Waals surface area (Å²) in [7, 11) is -3.81. The number of nitrogens with one attached hydrogen (secondary N) is 2. The van der Waals surface area contributed by atoms with Gasteiger partial charge >= 0.3 is 0 Å². The van der Waals surface area contributed by atoms with E-state index in [0.717, 1.165) is 0 Å². The minimum Gasteiger partial charge on any atom is -0.479 e. The Kier molecular flexibility index (Phi) is 4.15. The topological polar surface area (TPSA) is 84.5 Å². The van der Waals surface area contributed by atoms with E-state index in [1.807, 2.05) is 0 Å². The van der Waals surface area contributed by atoms with Gasteiger partial charge in [0, 0.05) is 5.02 Å². The number of benzene rings is 2. The number of fused-ring (bicyclic) bond motifs is 1. The van der Waals surface area contributed by atoms with Gasteiger partial charge < -0.3 is 10.1 Å². The third-order valence-corrected chi connectivity index (χ3v) is 5.61. The number of carbonyl (C=O) groups is 1. The Morgan fingerprint density at radius 3 is 2.75 bits per heavy atom. The Bertz CT molecular complexity index is 928. The fourth-order valence-corrected chi connectivity index (χ4v) is 3.91. The molecule has 0 saturated carbocycles. The monoisotopic (exact) mass is 366 g/mol. The van der Waals surface area contributed by atoms with Gasteiger partial charge in [-0.25, -0.2) is 8.42 Å². The summed E-state index contributed by atoms with van der Waals surface area (Å²) in [6.07, 6.45) is -0.589. The lowest BCUT2D eigenvalue weighted by atomic mass is 10.2. The van der Waals surface area contributed by atoms with E-state index in [4.69, 9.17) is 16.3 Å². The minimum atomic E-state index is -3.81. The number of rotatable bonds is 3. The molecule has 0 saturated heterocycles. The average Bonchev–Trinajstić information content (AvgIpc) is 2.51. The minimum absolute atomic E-state index is 0.0987. The maximum Gasteiger partial charge on any atom is 0.265 e. The van der Waals surface area contributed by atoms with Crippen molar-refractivity contribution in [2.45, 2.75) is 24.8 Å². The average molecular weight is 367 g/mol. The molecular formula is C16H15ClN2O4S. The van der Waals surface area contributed by atoms with Gasteiger partial charge in [0.1, 0.15) is 5.75 Å². The third kappa shape index (κ3) is 3.05. The zero-order valence-electron chi connectivity index (χ0n) is 13.0. The number of hydrogen-bond acceptors (Lipinski definition) is 4. The van der Waals surface area contributed by atoms with Gasteiger partial charge in [-0.05, 0) is 49.7 Å². The number of sulfonamides is 1. The summed E-state index contributed by atoms with van der Waals surface area (Å²) >= 11 is 5.99. The first-order valence-corrected chi connectivity index (χ1v) is 9.03. The van der Waals surface area contributed by atoms with Crippen molar-refractivity contribution in [2.24, 2.45) is 0 Å². The van der Waals surface area contributed by atoms with E-state index in [0.29, 0.717) is 27.7 Å². The van der Waals surface area contributed by atoms with Crippen molar-refractivity contribution >= 4 is 38.9 Å². The van der Waals surface area contributed by atoms with Gasteiger partial charge in [-0.1, -0.05) is 17.7 Å². The van der Waals surface area contributed by atoms with Crippen LogP contribution in [-0.2, 0) is 14.8 Å². The zero-order valence-corrected chi connectivity index (χ0v) is 14.5. The van der Waals surface area contributed by atoms with Crippen LogP contribution >= 0.6 is 11.6 Å². The zero-order chi connectivity index (χ0) is 17.5. The van der Waals surface area contributed by atoms with E-state index in [9.17, 15) is 13.2 Å². The lowest BCUT2D eigenvalue weighted by Gasteiger charge is -2.23. The van der Waals surface area contributed by atoms with Crippen LogP contribution in [0.2, 0.25) is 5.02 Å². The molecule has 1 amide bonds. The van der Waals surface area contributed by atoms with Crippen LogP contribution in [0.3, 0.4) is 0 Å². The van der Waals surface area contributed by atoms with E-state index in [1.165, 1.54) is 12.1 Å². The number of amides is 1. The Labute approximate surface area is 144 Å². The van der Waals surface area contributed by atoms with Crippen LogP contribution < -0.4 is 14.8 Å². The molecule has 0 aromatic heterocycles. The van der Waals surface area contributed by atoms with Gasteiger partial charge in [0.15, 0.2) is 6.10 Å². The summed E-state index contributed by atoms with van der Waals surface area (Å²) < 4.78 is 33.1. The van der Waals surface area contributed by atoms with E-state index in [-0.39, 0.29) is 10.8 Å². The molecule has 1 unspecified atom stereocenters. The van der Waals surface area contributed by atoms with E-state index in [1.54, 1.807) is 38.1 Å². The van der Waals surface area contributed by atoms with Crippen molar-refractivity contribution < 1.29 is 17.9 Å². The highest BCUT2D eigenvalue weighted by molar-refractivity contribution is 7.92. The van der Waals surface area contributed by atoms with E-state index in [2.05, 4.69) is 10.0 Å². The smallest absolute Gasteiger partial charge is 0.265 e. The molecule has 6 nitrogen and oxygen atoms in total. The quantitative estimate of drug-likeness (QED) is 0.873. The van der Waals surface area contributed by atoms with Crippen LogP contribution in [0.4, 0.5) is 11.4 Å². The summed E-state index contributed by atoms with van der Waals surface area (Å²) in [4.78, 5) is 11.8. The first kappa shape index (κ1) is 16.6. The molecule has 1 atom stereocenters. The summed E-state index contributed by atoms with van der Waals surface area (Å²) in [6.45, 7) is 3.27. The summed E-state index contributed by atoms with van der Waals surface area (Å²) in [5.74, 6) is 0.206. The number of halogens is 1. The first-order valence-electron chi connectivity index (χ1n) is 7.17. The maximum atomic E-state index is 12.6. The molecule has 2 N–H and O–H groups in total. The van der Waals surface area contributed by atoms with Gasteiger partial charge in [0.2, 0.25) is 0 Å². The van der Waals surface area contributed by atoms with E-state index >= 15 is 0 Å². The SMILES string of the molecule is Cc1c(Cl)cccc1S(=O)(=O)Nc1ccc2c(c1)NC(=O)C(C)O2. The molecule has 126 valence electrons. The lowest BCUT2D eigenvalue weighted by molar-refractivity contribution is -0.122. The van der Waals surface area contributed by atoms with Crippen LogP contribution in [0.1, 0.15) is 12.5 Å². The predicted molar refractivity (Wildman–Crippen MR) is 92.2 cm³/mol. The Hall–Kier alpha value is -2.25. The molecule has 2 aromatic rings. The standard InChI is InChI=1S/C16H15ClN2O4S/c1-9-12(17)4-3-5-15(9)24(21,22)19-11-6-7-14-13(8-11)18-16(20)10(2)23-14/h3-8,10,19H,1-2H3,(H,18,20). The summed E-state index contributed by atoms with van der Waals surface area (Å²) in [6, 6.07) is 9.37. The van der Waals surface area contributed by atoms with Crippen molar-refractivity contribution in [1.29, 1.82) is 0 Å². The molecule has 0 spiro atoms. The molecule has 0 bridgehead atoms. The fourth-order valence-electron chi connectivity index (χ4n) is 2.36. The Morgan fingerprint density at radius 1 is 1.25 bits per heavy atom. The fraction of sp³-hybridized carbons (Fsp3) is 0.188. The Balaban J connectivity index is 1.93. The van der Waals surface area contributed by atoms with Gasteiger partial charge in [-0.3, -0.25) is 9.52 Å². The molecule has 1 heterocycles. The van der Waals surface area contributed by atoms with Gasteiger partial charge in [0.25, 0.3) is 15.9 Å². The van der Waals surface area contributed by atoms with Crippen molar-refractivity contribution in [3.63, 3.8) is 0 Å². The summed E-state index contributed by atoms with van der Waals surface area (Å²) in [5.41, 5.74) is 1.20. The molecular weight excluding hydrogens is 352 g/mol. The Morgan fingerprint density at radius 2 is 2.00 bits per heavy atom. The molecule has 1 aliphatic rings. The molecule has 1 aliphatic heterocycles. The second-order valence-corrected chi connectivity index (χ2v) is 7.49. The normalized spacial score (nSPS) is 16.8. The summed E-state index contributed by atoms with van der Waals surface area (Å²) in [5, 5.41) is 3.05. The molecule has 8 heteroatoms. The highest BCUT2D eigenvalue weighted by Crippen LogP contribution is 2.33. The van der Waals surface area contributed by atoms with Crippen LogP contribution in [0.5, 0.6) is 5.75 Å². The van der Waals surface area contributed by atoms with Crippen molar-refractivity contribution in [2.75, 3.05) is 10.0 Å². The molecule has 0 fully saturated rings. The predicted octanol–water partition coefficient (Wildman–Crippen LogP) is 3.17. The number of anilines is 2. The van der Waals surface area contributed by atoms with Crippen molar-refractivity contribution in [3.8, 4) is 5.75 Å². The number of carbonyl (C=O) groups excluding carboxylic acids is 1. The van der Waals surface area contributed by atoms with E-state index < -0.39 is 16.1 Å². The van der Waals surface area contributed by atoms with Crippen LogP contribution in [0.15, 0.2) is 41.3 Å². The van der Waals surface area contributed by atoms with Crippen molar-refractivity contribution in [3.05, 3.63) is 47.0 Å². The van der Waals surface area contributed by atoms with Gasteiger partial charge in [0.05, 0.1) is 16.3 Å². The molecule has 3 rings (SSSR count). The highest BCUT2D eigenvalue weighted by atomic mass is 35.5. The van der Waals surface area contributed by atoms with Crippen LogP contribution in [-0.4, -0.2) is 20.4 Å². The van der Waals surface area contributed by atoms with Crippen LogP contribution in [0.25, 0.3) is 0 Å². The van der Waals surface area contributed by atoms with Gasteiger partial charge in [-0.15, -0.1) is 0 Å². The molecule has 24 heavy (non-hydrogen) atoms. The number of ether oxygens (including phenoxy) is 1. The number of hydrogen-bond donors (Lipinski definition) is 2. The first-order chi connectivity index (χ1) is 11.3. The third-order valence-electron chi connectivity index (χ3n) is 3.67. The van der Waals surface area contributed by atoms with Gasteiger partial charge in [-0.2, -0.15) is 0 Å². The lowest BCUT2D eigenvalue weighted by Crippen LogP contribution is -2.34. The largest absolute Gasteiger partial charge is 0.479 e. The molecule has 2 aromatic carbocycles. The molecule has 0 radical (unpaired) electrons. The maximum absolute atomic E-state index is 12.6. The second kappa shape index (κ2) is 5.99. The van der Waals surface area contributed by atoms with Crippen molar-refractivity contribution in [1.82, 2.24) is 0 Å². The molecule has 0 aliphatic carbocycles. The van der Waals surface area contributed by atoms with Crippen LogP contribution in [0, 0.1) is 6.92 Å². The highest BCUT2D eigenvalue weighted by Gasteiger charge is 2.24.